The standard InChI is InChI=1S/C50H83N2O10P/c1-3-5-7-9-11-13-15-17-19-21-23-25-27-29-31-33-49(55)59-43-46(62-50(56)34-32-30-28-26-24-22-20-18-16-14-12-10-8-6-4-2)44-61-63(57,58)60-40-39-51-37-38-52-41-45(47(54)42-53)35-36-48(51)52/h11-14,17-20,35-36,41,46-47,53-54H,3-10,15-16,21-34,37-40,42-44H2,1-2H3/b13-11-,14-12-,19-17-,20-18-. The minimum atomic E-state index is -4.79. The number of hydrogen-bond acceptors (Lipinski definition) is 11. The Morgan fingerprint density at radius 2 is 1.25 bits per heavy atom. The van der Waals surface area contributed by atoms with Gasteiger partial charge in [0.2, 0.25) is 0 Å². The number of carbonyl (C=O) groups is 2. The minimum Gasteiger partial charge on any atom is -0.756 e. The fourth-order valence-electron chi connectivity index (χ4n) is 7.15. The maximum Gasteiger partial charge on any atom is 0.306 e. The molecule has 63 heavy (non-hydrogen) atoms. The second-order valence-corrected chi connectivity index (χ2v) is 17.9. The maximum absolute atomic E-state index is 12.8. The number of carbonyl (C=O) groups excluding carboxylic acids is 2. The number of fused-ring (bicyclic) bond motifs is 1. The van der Waals surface area contributed by atoms with Crippen molar-refractivity contribution in [1.29, 1.82) is 0 Å². The second-order valence-electron chi connectivity index (χ2n) is 16.5. The number of phosphoric acid groups is 1. The van der Waals surface area contributed by atoms with Crippen molar-refractivity contribution >= 4 is 25.6 Å². The molecule has 1 aromatic heterocycles. The Hall–Kier alpha value is -3.12. The number of unbranched alkanes of at least 4 members (excludes halogenated alkanes) is 16. The van der Waals surface area contributed by atoms with Crippen LogP contribution in [0, 0.1) is 0 Å². The highest BCUT2D eigenvalue weighted by molar-refractivity contribution is 7.45. The highest BCUT2D eigenvalue weighted by Crippen LogP contribution is 2.38. The van der Waals surface area contributed by atoms with E-state index in [2.05, 4.69) is 62.5 Å². The number of esters is 2. The van der Waals surface area contributed by atoms with Crippen LogP contribution in [0.3, 0.4) is 0 Å². The lowest BCUT2D eigenvalue weighted by atomic mass is 10.1. The SMILES string of the molecule is CCCCC/C=C\C/C=C\CCCCCCCC(=O)OCC(COP(=O)([O-])OCCN1CC[n+]2cc(C(O)CO)ccc21)OC(=O)CCCCCCC/C=C\C/C=C\CCCCC. The van der Waals surface area contributed by atoms with E-state index in [4.69, 9.17) is 18.5 Å². The summed E-state index contributed by atoms with van der Waals surface area (Å²) in [5, 5.41) is 19.2. The average Bonchev–Trinajstić information content (AvgIpc) is 3.68. The molecule has 2 heterocycles. The number of aliphatic hydroxyl groups excluding tert-OH is 2. The van der Waals surface area contributed by atoms with Crippen LogP contribution in [0.5, 0.6) is 0 Å². The van der Waals surface area contributed by atoms with Gasteiger partial charge in [0.1, 0.15) is 32.3 Å². The first-order valence-corrected chi connectivity index (χ1v) is 25.8. The fourth-order valence-corrected chi connectivity index (χ4v) is 7.88. The molecule has 3 unspecified atom stereocenters. The third-order valence-corrected chi connectivity index (χ3v) is 11.9. The Bertz CT molecular complexity index is 1520. The lowest BCUT2D eigenvalue weighted by molar-refractivity contribution is -0.671. The zero-order valence-corrected chi connectivity index (χ0v) is 39.8. The summed E-state index contributed by atoms with van der Waals surface area (Å²) in [6, 6.07) is 3.52. The number of aliphatic hydroxyl groups is 2. The summed E-state index contributed by atoms with van der Waals surface area (Å²) in [5.41, 5.74) is 0.588. The van der Waals surface area contributed by atoms with Crippen molar-refractivity contribution in [3.05, 3.63) is 72.5 Å². The molecule has 1 aliphatic heterocycles. The van der Waals surface area contributed by atoms with Gasteiger partial charge in [-0.05, 0) is 83.1 Å². The molecule has 0 bridgehead atoms. The number of rotatable bonds is 40. The number of hydrogen-bond donors (Lipinski definition) is 2. The van der Waals surface area contributed by atoms with Crippen LogP contribution < -0.4 is 14.4 Å². The molecule has 0 radical (unpaired) electrons. The van der Waals surface area contributed by atoms with Gasteiger partial charge >= 0.3 is 11.9 Å². The molecule has 3 atom stereocenters. The van der Waals surface area contributed by atoms with Gasteiger partial charge in [0.05, 0.1) is 26.0 Å². The highest BCUT2D eigenvalue weighted by atomic mass is 31.2. The van der Waals surface area contributed by atoms with Crippen molar-refractivity contribution in [2.24, 2.45) is 0 Å². The Kier molecular flexibility index (Phi) is 33.0. The summed E-state index contributed by atoms with van der Waals surface area (Å²) >= 11 is 0. The summed E-state index contributed by atoms with van der Waals surface area (Å²) in [5.74, 6) is -0.105. The number of anilines is 1. The third kappa shape index (κ3) is 29.1. The van der Waals surface area contributed by atoms with Crippen LogP contribution in [0.2, 0.25) is 0 Å². The van der Waals surface area contributed by atoms with Gasteiger partial charge < -0.3 is 33.6 Å². The number of pyridine rings is 1. The van der Waals surface area contributed by atoms with Gasteiger partial charge in [-0.15, -0.1) is 0 Å². The van der Waals surface area contributed by atoms with E-state index in [1.54, 1.807) is 18.3 Å². The lowest BCUT2D eigenvalue weighted by Crippen LogP contribution is -2.32. The molecule has 358 valence electrons. The van der Waals surface area contributed by atoms with Crippen molar-refractivity contribution in [3.8, 4) is 0 Å². The molecule has 0 amide bonds. The Labute approximate surface area is 380 Å². The number of aromatic nitrogens is 1. The molecule has 0 spiro atoms. The zero-order chi connectivity index (χ0) is 45.6. The normalized spacial score (nSPS) is 14.9. The first kappa shape index (κ1) is 56.0. The summed E-state index contributed by atoms with van der Waals surface area (Å²) in [6.07, 6.45) is 41.5. The highest BCUT2D eigenvalue weighted by Gasteiger charge is 2.29. The van der Waals surface area contributed by atoms with Gasteiger partial charge in [-0.2, -0.15) is 0 Å². The van der Waals surface area contributed by atoms with Crippen LogP contribution in [-0.2, 0) is 39.2 Å². The van der Waals surface area contributed by atoms with Crippen molar-refractivity contribution in [2.75, 3.05) is 44.4 Å². The van der Waals surface area contributed by atoms with Gasteiger partial charge in [0.25, 0.3) is 13.6 Å². The molecule has 0 aliphatic carbocycles. The monoisotopic (exact) mass is 903 g/mol. The first-order chi connectivity index (χ1) is 30.7. The molecule has 0 fully saturated rings. The Balaban J connectivity index is 1.73. The van der Waals surface area contributed by atoms with E-state index in [0.717, 1.165) is 95.7 Å². The first-order valence-electron chi connectivity index (χ1n) is 24.3. The number of nitrogens with zero attached hydrogens (tertiary/aromatic N) is 2. The van der Waals surface area contributed by atoms with Gasteiger partial charge in [-0.1, -0.05) is 127 Å². The Morgan fingerprint density at radius 1 is 0.730 bits per heavy atom. The molecule has 13 heteroatoms. The smallest absolute Gasteiger partial charge is 0.306 e. The van der Waals surface area contributed by atoms with Crippen molar-refractivity contribution in [3.63, 3.8) is 0 Å². The predicted molar refractivity (Wildman–Crippen MR) is 250 cm³/mol. The predicted octanol–water partition coefficient (Wildman–Crippen LogP) is 10.4. The lowest BCUT2D eigenvalue weighted by Gasteiger charge is -2.26. The van der Waals surface area contributed by atoms with E-state index in [1.807, 2.05) is 9.47 Å². The quantitative estimate of drug-likeness (QED) is 0.0212. The number of ether oxygens (including phenoxy) is 2. The van der Waals surface area contributed by atoms with Gasteiger partial charge in [-0.25, -0.2) is 4.57 Å². The topological polar surface area (TPSA) is 159 Å². The molecule has 0 aromatic carbocycles. The number of allylic oxidation sites excluding steroid dienone is 8. The maximum atomic E-state index is 12.8. The van der Waals surface area contributed by atoms with Crippen LogP contribution in [0.25, 0.3) is 0 Å². The van der Waals surface area contributed by atoms with Crippen molar-refractivity contribution in [1.82, 2.24) is 0 Å². The van der Waals surface area contributed by atoms with E-state index in [1.165, 1.54) is 38.5 Å². The van der Waals surface area contributed by atoms with Crippen LogP contribution in [0.15, 0.2) is 66.9 Å². The average molecular weight is 903 g/mol. The summed E-state index contributed by atoms with van der Waals surface area (Å²) in [4.78, 5) is 40.2. The largest absolute Gasteiger partial charge is 0.756 e. The van der Waals surface area contributed by atoms with E-state index in [0.29, 0.717) is 31.5 Å². The summed E-state index contributed by atoms with van der Waals surface area (Å²) in [6.45, 7) is 4.52. The summed E-state index contributed by atoms with van der Waals surface area (Å²) in [7, 11) is -4.79. The molecule has 2 N–H and O–H groups in total. The molecule has 0 saturated heterocycles. The molecular weight excluding hydrogens is 820 g/mol. The van der Waals surface area contributed by atoms with E-state index in [-0.39, 0.29) is 39.2 Å². The summed E-state index contributed by atoms with van der Waals surface area (Å²) < 4.78 is 36.0. The van der Waals surface area contributed by atoms with Crippen LogP contribution in [0.1, 0.15) is 180 Å². The molecular formula is C50H83N2O10P. The Morgan fingerprint density at radius 3 is 1.81 bits per heavy atom. The van der Waals surface area contributed by atoms with Gasteiger partial charge in [0.15, 0.2) is 6.10 Å². The van der Waals surface area contributed by atoms with Crippen LogP contribution in [0.4, 0.5) is 5.82 Å². The van der Waals surface area contributed by atoms with Crippen LogP contribution in [-0.4, -0.2) is 67.8 Å². The third-order valence-electron chi connectivity index (χ3n) is 10.9. The van der Waals surface area contributed by atoms with Gasteiger partial charge in [-0.3, -0.25) is 19.1 Å². The van der Waals surface area contributed by atoms with E-state index >= 15 is 0 Å². The van der Waals surface area contributed by atoms with Crippen molar-refractivity contribution in [2.45, 2.75) is 187 Å². The van der Waals surface area contributed by atoms with E-state index < -0.39 is 38.6 Å². The number of phosphoric ester groups is 1. The molecule has 1 aromatic rings. The molecule has 2 rings (SSSR count). The van der Waals surface area contributed by atoms with Crippen LogP contribution >= 0.6 is 7.82 Å². The second kappa shape index (κ2) is 37.1. The fraction of sp³-hybridized carbons (Fsp3) is 0.700. The zero-order valence-electron chi connectivity index (χ0n) is 38.9. The molecule has 12 nitrogen and oxygen atoms in total. The molecule has 0 saturated carbocycles. The van der Waals surface area contributed by atoms with Gasteiger partial charge in [0, 0.05) is 24.5 Å². The van der Waals surface area contributed by atoms with Crippen molar-refractivity contribution < 1.29 is 52.3 Å². The minimum absolute atomic E-state index is 0.169. The molecule has 1 aliphatic rings. The van der Waals surface area contributed by atoms with E-state index in [9.17, 15) is 29.3 Å².